The molecule has 9 heteroatoms. The lowest BCUT2D eigenvalue weighted by molar-refractivity contribution is 0.376. The summed E-state index contributed by atoms with van der Waals surface area (Å²) in [7, 11) is -1.71. The van der Waals surface area contributed by atoms with Gasteiger partial charge in [0, 0.05) is 19.8 Å². The second-order valence-electron chi connectivity index (χ2n) is 4.51. The molecule has 0 aliphatic carbocycles. The first kappa shape index (κ1) is 12.3. The molecular weight excluding hydrogens is 268 g/mol. The van der Waals surface area contributed by atoms with Crippen LogP contribution in [0.25, 0.3) is 0 Å². The summed E-state index contributed by atoms with van der Waals surface area (Å²) in [6.45, 7) is 0.491. The normalized spacial score (nSPS) is 21.0. The monoisotopic (exact) mass is 282 g/mol. The smallest absolute Gasteiger partial charge is 0.246 e. The van der Waals surface area contributed by atoms with E-state index >= 15 is 0 Å². The third-order valence-electron chi connectivity index (χ3n) is 3.33. The van der Waals surface area contributed by atoms with Gasteiger partial charge in [0.2, 0.25) is 10.0 Å². The molecule has 1 aliphatic heterocycles. The summed E-state index contributed by atoms with van der Waals surface area (Å²) in [5.41, 5.74) is 0. The van der Waals surface area contributed by atoms with E-state index in [0.717, 1.165) is 12.8 Å². The van der Waals surface area contributed by atoms with Crippen molar-refractivity contribution in [1.29, 1.82) is 0 Å². The van der Waals surface area contributed by atoms with Crippen molar-refractivity contribution >= 4 is 10.0 Å². The van der Waals surface area contributed by atoms with Crippen LogP contribution in [0.3, 0.4) is 0 Å². The van der Waals surface area contributed by atoms with Gasteiger partial charge >= 0.3 is 0 Å². The highest BCUT2D eigenvalue weighted by atomic mass is 32.2. The van der Waals surface area contributed by atoms with Crippen molar-refractivity contribution in [3.63, 3.8) is 0 Å². The number of aryl methyl sites for hydroxylation is 1. The molecule has 3 heterocycles. The summed E-state index contributed by atoms with van der Waals surface area (Å²) in [6, 6.07) is -0.257. The van der Waals surface area contributed by atoms with Crippen LogP contribution in [0.2, 0.25) is 0 Å². The minimum absolute atomic E-state index is 0.182. The van der Waals surface area contributed by atoms with Crippen LogP contribution in [0.5, 0.6) is 0 Å². The van der Waals surface area contributed by atoms with Crippen LogP contribution < -0.4 is 0 Å². The number of hydrogen-bond acceptors (Lipinski definition) is 5. The fourth-order valence-electron chi connectivity index (χ4n) is 2.40. The van der Waals surface area contributed by atoms with Crippen molar-refractivity contribution in [1.82, 2.24) is 29.3 Å². The van der Waals surface area contributed by atoms with Crippen LogP contribution in [0.4, 0.5) is 0 Å². The maximum atomic E-state index is 12.5. The molecule has 0 amide bonds. The number of hydrogen-bond donors (Lipinski definition) is 1. The Labute approximate surface area is 110 Å². The maximum absolute atomic E-state index is 12.5. The minimum atomic E-state index is -3.53. The van der Waals surface area contributed by atoms with Gasteiger partial charge in [0.25, 0.3) is 0 Å². The molecule has 2 aromatic heterocycles. The molecule has 1 fully saturated rings. The summed E-state index contributed by atoms with van der Waals surface area (Å²) in [4.78, 5) is 0.182. The average molecular weight is 282 g/mol. The largest absolute Gasteiger partial charge is 0.319 e. The van der Waals surface area contributed by atoms with Gasteiger partial charge in [-0.25, -0.2) is 8.42 Å². The Kier molecular flexibility index (Phi) is 2.86. The quantitative estimate of drug-likeness (QED) is 0.859. The Morgan fingerprint density at radius 3 is 2.95 bits per heavy atom. The molecule has 0 bridgehead atoms. The molecule has 2 aromatic rings. The summed E-state index contributed by atoms with van der Waals surface area (Å²) in [6.07, 6.45) is 5.86. The zero-order valence-corrected chi connectivity index (χ0v) is 11.2. The van der Waals surface area contributed by atoms with Gasteiger partial charge < -0.3 is 4.57 Å². The van der Waals surface area contributed by atoms with Crippen LogP contribution in [0.1, 0.15) is 24.7 Å². The van der Waals surface area contributed by atoms with E-state index in [1.807, 2.05) is 7.05 Å². The van der Waals surface area contributed by atoms with Gasteiger partial charge in [0.15, 0.2) is 5.82 Å². The highest BCUT2D eigenvalue weighted by molar-refractivity contribution is 7.89. The molecule has 3 rings (SSSR count). The van der Waals surface area contributed by atoms with Crippen LogP contribution in [-0.2, 0) is 17.1 Å². The standard InChI is InChI=1S/C10H14N6O2S/c1-15-7-13-14-10(15)9-3-2-4-16(9)19(17,18)8-5-11-12-6-8/h5-7,9H,2-4H2,1H3,(H,11,12)/t9-/m0/s1. The van der Waals surface area contributed by atoms with Gasteiger partial charge in [-0.15, -0.1) is 10.2 Å². The van der Waals surface area contributed by atoms with Gasteiger partial charge in [-0.1, -0.05) is 0 Å². The molecule has 0 aromatic carbocycles. The lowest BCUT2D eigenvalue weighted by Crippen LogP contribution is -2.31. The Balaban J connectivity index is 1.99. The molecule has 1 aliphatic rings. The van der Waals surface area contributed by atoms with E-state index in [1.54, 1.807) is 10.9 Å². The van der Waals surface area contributed by atoms with E-state index < -0.39 is 10.0 Å². The number of nitrogens with one attached hydrogen (secondary N) is 1. The van der Waals surface area contributed by atoms with E-state index in [4.69, 9.17) is 0 Å². The highest BCUT2D eigenvalue weighted by Gasteiger charge is 2.38. The molecule has 0 radical (unpaired) electrons. The number of aromatic nitrogens is 5. The summed E-state index contributed by atoms with van der Waals surface area (Å²) in [5, 5.41) is 14.1. The van der Waals surface area contributed by atoms with Gasteiger partial charge in [0.05, 0.1) is 12.2 Å². The first-order valence-corrected chi connectivity index (χ1v) is 7.39. The zero-order valence-electron chi connectivity index (χ0n) is 10.4. The van der Waals surface area contributed by atoms with Crippen LogP contribution in [0, 0.1) is 0 Å². The molecule has 19 heavy (non-hydrogen) atoms. The van der Waals surface area contributed by atoms with E-state index in [-0.39, 0.29) is 10.9 Å². The molecule has 0 unspecified atom stereocenters. The first-order valence-electron chi connectivity index (χ1n) is 5.95. The highest BCUT2D eigenvalue weighted by Crippen LogP contribution is 2.34. The fraction of sp³-hybridized carbons (Fsp3) is 0.500. The van der Waals surface area contributed by atoms with Crippen molar-refractivity contribution in [2.75, 3.05) is 6.54 Å². The number of H-pyrrole nitrogens is 1. The lowest BCUT2D eigenvalue weighted by atomic mass is 10.2. The Morgan fingerprint density at radius 2 is 2.32 bits per heavy atom. The number of rotatable bonds is 3. The molecule has 1 saturated heterocycles. The summed E-state index contributed by atoms with van der Waals surface area (Å²) >= 11 is 0. The Bertz CT molecular complexity index is 662. The van der Waals surface area contributed by atoms with Gasteiger partial charge in [0.1, 0.15) is 11.2 Å². The molecule has 1 N–H and O–H groups in total. The number of aromatic amines is 1. The topological polar surface area (TPSA) is 96.8 Å². The molecule has 0 spiro atoms. The second kappa shape index (κ2) is 4.42. The van der Waals surface area contributed by atoms with E-state index in [2.05, 4.69) is 20.4 Å². The first-order chi connectivity index (χ1) is 9.10. The van der Waals surface area contributed by atoms with E-state index in [1.165, 1.54) is 16.7 Å². The Morgan fingerprint density at radius 1 is 1.47 bits per heavy atom. The number of nitrogens with zero attached hydrogens (tertiary/aromatic N) is 5. The third-order valence-corrected chi connectivity index (χ3v) is 5.20. The lowest BCUT2D eigenvalue weighted by Gasteiger charge is -2.22. The van der Waals surface area contributed by atoms with Crippen molar-refractivity contribution in [2.45, 2.75) is 23.8 Å². The second-order valence-corrected chi connectivity index (χ2v) is 6.40. The SMILES string of the molecule is Cn1cnnc1[C@@H]1CCCN1S(=O)(=O)c1cn[nH]c1. The fourth-order valence-corrected chi connectivity index (χ4v) is 3.96. The van der Waals surface area contributed by atoms with Crippen molar-refractivity contribution in [3.8, 4) is 0 Å². The predicted octanol–water partition coefficient (Wildman–Crippen LogP) is 0.0640. The summed E-state index contributed by atoms with van der Waals surface area (Å²) in [5.74, 6) is 0.671. The number of sulfonamides is 1. The summed E-state index contributed by atoms with van der Waals surface area (Å²) < 4.78 is 28.3. The predicted molar refractivity (Wildman–Crippen MR) is 65.5 cm³/mol. The van der Waals surface area contributed by atoms with Crippen LogP contribution in [0.15, 0.2) is 23.6 Å². The minimum Gasteiger partial charge on any atom is -0.319 e. The molecule has 102 valence electrons. The van der Waals surface area contributed by atoms with E-state index in [0.29, 0.717) is 12.4 Å². The molecule has 1 atom stereocenters. The van der Waals surface area contributed by atoms with Gasteiger partial charge in [-0.2, -0.15) is 9.40 Å². The molecule has 0 saturated carbocycles. The van der Waals surface area contributed by atoms with Gasteiger partial charge in [-0.3, -0.25) is 5.10 Å². The Hall–Kier alpha value is -1.74. The van der Waals surface area contributed by atoms with E-state index in [9.17, 15) is 8.42 Å². The zero-order chi connectivity index (χ0) is 13.5. The van der Waals surface area contributed by atoms with Crippen molar-refractivity contribution in [3.05, 3.63) is 24.5 Å². The van der Waals surface area contributed by atoms with Gasteiger partial charge in [-0.05, 0) is 12.8 Å². The third kappa shape index (κ3) is 1.94. The molecule has 8 nitrogen and oxygen atoms in total. The maximum Gasteiger partial charge on any atom is 0.246 e. The van der Waals surface area contributed by atoms with Crippen molar-refractivity contribution in [2.24, 2.45) is 7.05 Å². The van der Waals surface area contributed by atoms with Crippen LogP contribution >= 0.6 is 0 Å². The van der Waals surface area contributed by atoms with Crippen molar-refractivity contribution < 1.29 is 8.42 Å². The van der Waals surface area contributed by atoms with Crippen LogP contribution in [-0.4, -0.2) is 44.2 Å². The molecular formula is C10H14N6O2S. The average Bonchev–Trinajstić information content (AvgIpc) is 3.10.